The number of nitrogens with one attached hydrogen (secondary N) is 1. The van der Waals surface area contributed by atoms with Gasteiger partial charge in [0.1, 0.15) is 5.82 Å². The maximum absolute atomic E-state index is 13.4. The summed E-state index contributed by atoms with van der Waals surface area (Å²) in [5, 5.41) is 12.0. The summed E-state index contributed by atoms with van der Waals surface area (Å²) >= 11 is 0. The molecule has 1 aromatic rings. The minimum absolute atomic E-state index is 0.000450. The van der Waals surface area contributed by atoms with Crippen molar-refractivity contribution in [1.82, 2.24) is 10.2 Å². The Balaban J connectivity index is 1.83. The second-order valence-electron chi connectivity index (χ2n) is 5.23. The second kappa shape index (κ2) is 7.49. The van der Waals surface area contributed by atoms with Gasteiger partial charge in [0.25, 0.3) is 0 Å². The largest absolute Gasteiger partial charge is 0.395 e. The van der Waals surface area contributed by atoms with E-state index in [1.165, 1.54) is 6.07 Å². The van der Waals surface area contributed by atoms with Crippen molar-refractivity contribution >= 4 is 5.91 Å². The Labute approximate surface area is 123 Å². The summed E-state index contributed by atoms with van der Waals surface area (Å²) < 4.78 is 18.7. The number of halogens is 1. The standard InChI is InChI=1S/C15H21FN2O3/c1-21-13-6-12(10-19)18(8-13)9-15(20)17-7-11-4-2-3-5-14(11)16/h2-5,12-13,19H,6-10H2,1H3,(H,17,20)/t12-,13+/m0/s1. The minimum Gasteiger partial charge on any atom is -0.395 e. The van der Waals surface area contributed by atoms with Gasteiger partial charge in [-0.1, -0.05) is 18.2 Å². The molecule has 0 saturated carbocycles. The second-order valence-corrected chi connectivity index (χ2v) is 5.23. The van der Waals surface area contributed by atoms with E-state index in [9.17, 15) is 14.3 Å². The summed E-state index contributed by atoms with van der Waals surface area (Å²) in [6.45, 7) is 0.964. The van der Waals surface area contributed by atoms with Gasteiger partial charge in [0.05, 0.1) is 19.3 Å². The van der Waals surface area contributed by atoms with Crippen LogP contribution in [0.25, 0.3) is 0 Å². The number of aliphatic hydroxyl groups is 1. The number of benzene rings is 1. The Bertz CT molecular complexity index is 484. The van der Waals surface area contributed by atoms with Crippen molar-refractivity contribution in [3.63, 3.8) is 0 Å². The number of methoxy groups -OCH3 is 1. The van der Waals surface area contributed by atoms with Crippen LogP contribution in [0.15, 0.2) is 24.3 Å². The van der Waals surface area contributed by atoms with E-state index < -0.39 is 0 Å². The molecular formula is C15H21FN2O3. The van der Waals surface area contributed by atoms with Crippen LogP contribution in [0.2, 0.25) is 0 Å². The summed E-state index contributed by atoms with van der Waals surface area (Å²) in [6.07, 6.45) is 0.759. The lowest BCUT2D eigenvalue weighted by molar-refractivity contribution is -0.122. The molecule has 1 saturated heterocycles. The topological polar surface area (TPSA) is 61.8 Å². The fraction of sp³-hybridized carbons (Fsp3) is 0.533. The first-order valence-corrected chi connectivity index (χ1v) is 7.01. The first-order valence-electron chi connectivity index (χ1n) is 7.01. The third-order valence-electron chi connectivity index (χ3n) is 3.81. The molecule has 0 aromatic heterocycles. The van der Waals surface area contributed by atoms with E-state index in [2.05, 4.69) is 5.32 Å². The lowest BCUT2D eigenvalue weighted by Gasteiger charge is -2.21. The van der Waals surface area contributed by atoms with Crippen LogP contribution in [0, 0.1) is 5.82 Å². The van der Waals surface area contributed by atoms with Gasteiger partial charge >= 0.3 is 0 Å². The van der Waals surface area contributed by atoms with Gasteiger partial charge in [0.15, 0.2) is 0 Å². The zero-order valence-corrected chi connectivity index (χ0v) is 12.1. The fourth-order valence-electron chi connectivity index (χ4n) is 2.57. The maximum Gasteiger partial charge on any atom is 0.234 e. The summed E-state index contributed by atoms with van der Waals surface area (Å²) in [6, 6.07) is 6.29. The molecule has 116 valence electrons. The van der Waals surface area contributed by atoms with Gasteiger partial charge in [-0.25, -0.2) is 4.39 Å². The highest BCUT2D eigenvalue weighted by atomic mass is 19.1. The van der Waals surface area contributed by atoms with E-state index in [0.717, 1.165) is 0 Å². The van der Waals surface area contributed by atoms with E-state index in [1.54, 1.807) is 25.3 Å². The Morgan fingerprint density at radius 3 is 2.95 bits per heavy atom. The number of likely N-dealkylation sites (tertiary alicyclic amines) is 1. The van der Waals surface area contributed by atoms with Gasteiger partial charge in [-0.15, -0.1) is 0 Å². The van der Waals surface area contributed by atoms with E-state index in [4.69, 9.17) is 4.74 Å². The van der Waals surface area contributed by atoms with Crippen molar-refractivity contribution in [2.45, 2.75) is 25.1 Å². The van der Waals surface area contributed by atoms with Crippen LogP contribution in [-0.2, 0) is 16.1 Å². The fourth-order valence-corrected chi connectivity index (χ4v) is 2.57. The molecule has 6 heteroatoms. The molecule has 5 nitrogen and oxygen atoms in total. The monoisotopic (exact) mass is 296 g/mol. The molecule has 0 unspecified atom stereocenters. The number of rotatable bonds is 6. The third kappa shape index (κ3) is 4.23. The van der Waals surface area contributed by atoms with Gasteiger partial charge in [0, 0.05) is 31.8 Å². The normalized spacial score (nSPS) is 22.4. The third-order valence-corrected chi connectivity index (χ3v) is 3.81. The average Bonchev–Trinajstić information content (AvgIpc) is 2.88. The summed E-state index contributed by atoms with van der Waals surface area (Å²) in [4.78, 5) is 13.8. The molecule has 2 rings (SSSR count). The Morgan fingerprint density at radius 2 is 2.29 bits per heavy atom. The van der Waals surface area contributed by atoms with Gasteiger partial charge in [-0.2, -0.15) is 0 Å². The lowest BCUT2D eigenvalue weighted by atomic mass is 10.2. The molecule has 0 radical (unpaired) electrons. The quantitative estimate of drug-likeness (QED) is 0.803. The number of amides is 1. The number of nitrogens with zero attached hydrogens (tertiary/aromatic N) is 1. The number of hydrogen-bond acceptors (Lipinski definition) is 4. The number of ether oxygens (including phenoxy) is 1. The van der Waals surface area contributed by atoms with Crippen LogP contribution in [0.5, 0.6) is 0 Å². The predicted molar refractivity (Wildman–Crippen MR) is 76.1 cm³/mol. The van der Waals surface area contributed by atoms with Crippen LogP contribution in [0.3, 0.4) is 0 Å². The highest BCUT2D eigenvalue weighted by Crippen LogP contribution is 2.19. The maximum atomic E-state index is 13.4. The van der Waals surface area contributed by atoms with Crippen molar-refractivity contribution in [3.8, 4) is 0 Å². The van der Waals surface area contributed by atoms with E-state index in [1.807, 2.05) is 4.90 Å². The van der Waals surface area contributed by atoms with Crippen LogP contribution < -0.4 is 5.32 Å². The Hall–Kier alpha value is -1.50. The summed E-state index contributed by atoms with van der Waals surface area (Å²) in [5.74, 6) is -0.514. The molecular weight excluding hydrogens is 275 g/mol. The molecule has 1 aromatic carbocycles. The van der Waals surface area contributed by atoms with Crippen molar-refractivity contribution in [1.29, 1.82) is 0 Å². The summed E-state index contributed by atoms with van der Waals surface area (Å²) in [7, 11) is 1.63. The molecule has 0 spiro atoms. The zero-order valence-electron chi connectivity index (χ0n) is 12.1. The van der Waals surface area contributed by atoms with Gasteiger partial charge in [0.2, 0.25) is 5.91 Å². The number of carbonyl (C=O) groups is 1. The molecule has 21 heavy (non-hydrogen) atoms. The molecule has 1 heterocycles. The van der Waals surface area contributed by atoms with Gasteiger partial charge in [-0.05, 0) is 12.5 Å². The average molecular weight is 296 g/mol. The molecule has 1 aliphatic heterocycles. The number of aliphatic hydroxyl groups excluding tert-OH is 1. The molecule has 0 bridgehead atoms. The lowest BCUT2D eigenvalue weighted by Crippen LogP contribution is -2.41. The van der Waals surface area contributed by atoms with Crippen LogP contribution in [-0.4, -0.2) is 54.9 Å². The summed E-state index contributed by atoms with van der Waals surface area (Å²) in [5.41, 5.74) is 0.459. The van der Waals surface area contributed by atoms with E-state index in [0.29, 0.717) is 18.5 Å². The molecule has 1 amide bonds. The highest BCUT2D eigenvalue weighted by Gasteiger charge is 2.32. The first-order chi connectivity index (χ1) is 10.1. The zero-order chi connectivity index (χ0) is 15.2. The van der Waals surface area contributed by atoms with Crippen LogP contribution in [0.4, 0.5) is 4.39 Å². The van der Waals surface area contributed by atoms with Crippen molar-refractivity contribution in [3.05, 3.63) is 35.6 Å². The number of carbonyl (C=O) groups excluding carboxylic acids is 1. The SMILES string of the molecule is CO[C@@H]1C[C@@H](CO)N(CC(=O)NCc2ccccc2F)C1. The van der Waals surface area contributed by atoms with Crippen molar-refractivity contribution < 1.29 is 19.0 Å². The molecule has 1 aliphatic rings. The number of hydrogen-bond donors (Lipinski definition) is 2. The first kappa shape index (κ1) is 15.9. The molecule has 1 fully saturated rings. The van der Waals surface area contributed by atoms with Gasteiger partial charge in [-0.3, -0.25) is 9.69 Å². The molecule has 2 atom stereocenters. The van der Waals surface area contributed by atoms with E-state index in [-0.39, 0.29) is 43.6 Å². The Morgan fingerprint density at radius 1 is 1.52 bits per heavy atom. The Kier molecular flexibility index (Phi) is 5.67. The molecule has 2 N–H and O–H groups in total. The van der Waals surface area contributed by atoms with Crippen LogP contribution in [0.1, 0.15) is 12.0 Å². The van der Waals surface area contributed by atoms with Crippen molar-refractivity contribution in [2.24, 2.45) is 0 Å². The minimum atomic E-state index is -0.327. The van der Waals surface area contributed by atoms with E-state index >= 15 is 0 Å². The predicted octanol–water partition coefficient (Wildman–Crippen LogP) is 0.524. The van der Waals surface area contributed by atoms with Crippen LogP contribution >= 0.6 is 0 Å². The smallest absolute Gasteiger partial charge is 0.234 e. The molecule has 0 aliphatic carbocycles. The van der Waals surface area contributed by atoms with Crippen molar-refractivity contribution in [2.75, 3.05) is 26.8 Å². The van der Waals surface area contributed by atoms with Gasteiger partial charge < -0.3 is 15.2 Å². The highest BCUT2D eigenvalue weighted by molar-refractivity contribution is 5.78.